The minimum Gasteiger partial charge on any atom is -0.378 e. The van der Waals surface area contributed by atoms with Crippen molar-refractivity contribution in [2.45, 2.75) is 45.0 Å². The molecule has 1 aliphatic carbocycles. The Morgan fingerprint density at radius 2 is 2.14 bits per heavy atom. The van der Waals surface area contributed by atoms with Crippen LogP contribution in [0, 0.1) is 18.3 Å². The predicted octanol–water partition coefficient (Wildman–Crippen LogP) is 6.25. The van der Waals surface area contributed by atoms with E-state index in [2.05, 4.69) is 53.2 Å². The lowest BCUT2D eigenvalue weighted by Crippen LogP contribution is -2.38. The van der Waals surface area contributed by atoms with Crippen LogP contribution in [0.3, 0.4) is 0 Å². The van der Waals surface area contributed by atoms with E-state index in [-0.39, 0.29) is 18.1 Å². The van der Waals surface area contributed by atoms with Gasteiger partial charge in [-0.05, 0) is 49.7 Å². The first-order chi connectivity index (χ1) is 17.0. The van der Waals surface area contributed by atoms with Crippen molar-refractivity contribution in [3.05, 3.63) is 77.5 Å². The monoisotopic (exact) mass is 493 g/mol. The van der Waals surface area contributed by atoms with Crippen molar-refractivity contribution in [2.24, 2.45) is 11.7 Å². The van der Waals surface area contributed by atoms with Gasteiger partial charge in [-0.3, -0.25) is 0 Å². The molecule has 186 valence electrons. The van der Waals surface area contributed by atoms with Gasteiger partial charge < -0.3 is 15.8 Å². The molecule has 1 aromatic heterocycles. The van der Waals surface area contributed by atoms with Crippen LogP contribution in [0.2, 0.25) is 0 Å². The van der Waals surface area contributed by atoms with Gasteiger partial charge in [-0.25, -0.2) is 9.37 Å². The molecule has 3 N–H and O–H groups in total. The number of halogens is 1. The Kier molecular flexibility index (Phi) is 12.2. The highest BCUT2D eigenvalue weighted by molar-refractivity contribution is 7.16. The molecular weight excluding hydrogens is 457 g/mol. The summed E-state index contributed by atoms with van der Waals surface area (Å²) >= 11 is 1.63. The zero-order valence-electron chi connectivity index (χ0n) is 20.9. The Balaban J connectivity index is 0.00000210. The average molecular weight is 494 g/mol. The predicted molar refractivity (Wildman–Crippen MR) is 148 cm³/mol. The van der Waals surface area contributed by atoms with Gasteiger partial charge in [0.25, 0.3) is 0 Å². The minimum atomic E-state index is -0.887. The number of ether oxygens (including phenoxy) is 1. The van der Waals surface area contributed by atoms with Gasteiger partial charge >= 0.3 is 0 Å². The van der Waals surface area contributed by atoms with E-state index in [0.717, 1.165) is 33.0 Å². The summed E-state index contributed by atoms with van der Waals surface area (Å²) in [6.07, 6.45) is 21.3. The van der Waals surface area contributed by atoms with Crippen molar-refractivity contribution in [2.75, 3.05) is 14.2 Å². The van der Waals surface area contributed by atoms with Crippen LogP contribution in [0.1, 0.15) is 37.1 Å². The fourth-order valence-corrected chi connectivity index (χ4v) is 4.67. The molecule has 1 aromatic carbocycles. The lowest BCUT2D eigenvalue weighted by atomic mass is 9.97. The summed E-state index contributed by atoms with van der Waals surface area (Å²) in [7, 11) is 3.20. The average Bonchev–Trinajstić information content (AvgIpc) is 3.39. The Morgan fingerprint density at radius 1 is 1.37 bits per heavy atom. The lowest BCUT2D eigenvalue weighted by Gasteiger charge is -2.24. The van der Waals surface area contributed by atoms with Crippen LogP contribution in [-0.2, 0) is 4.74 Å². The molecular formula is C29H36FN3OS. The van der Waals surface area contributed by atoms with Crippen LogP contribution in [0.25, 0.3) is 22.2 Å². The quantitative estimate of drug-likeness (QED) is 0.384. The van der Waals surface area contributed by atoms with Crippen LogP contribution in [0.15, 0.2) is 67.0 Å². The van der Waals surface area contributed by atoms with Crippen LogP contribution >= 0.6 is 11.3 Å². The number of methoxy groups -OCH3 is 1. The Bertz CT molecular complexity index is 1080. The summed E-state index contributed by atoms with van der Waals surface area (Å²) in [5.41, 5.74) is 7.73. The lowest BCUT2D eigenvalue weighted by molar-refractivity contribution is 0.0735. The molecule has 0 bridgehead atoms. The van der Waals surface area contributed by atoms with Crippen LogP contribution < -0.4 is 11.1 Å². The molecule has 1 aliphatic rings. The third kappa shape index (κ3) is 8.32. The van der Waals surface area contributed by atoms with Gasteiger partial charge in [0.2, 0.25) is 0 Å². The van der Waals surface area contributed by atoms with Gasteiger partial charge in [0.05, 0.1) is 11.0 Å². The summed E-state index contributed by atoms with van der Waals surface area (Å²) in [5, 5.41) is 4.16. The van der Waals surface area contributed by atoms with Crippen molar-refractivity contribution < 1.29 is 9.13 Å². The zero-order valence-corrected chi connectivity index (χ0v) is 21.8. The SMILES string of the molecule is C#CC(N/C=C\C)C(CC(C)/C=C/c1ccccc1-c1ncc(C2=CCC(F)C=C2)s1)OC.CN. The van der Waals surface area contributed by atoms with Crippen LogP contribution in [-0.4, -0.2) is 37.5 Å². The molecule has 0 saturated heterocycles. The Hall–Kier alpha value is -2.98. The van der Waals surface area contributed by atoms with E-state index in [4.69, 9.17) is 11.2 Å². The second kappa shape index (κ2) is 15.1. The molecule has 3 rings (SSSR count). The largest absolute Gasteiger partial charge is 0.378 e. The van der Waals surface area contributed by atoms with E-state index in [1.54, 1.807) is 24.5 Å². The molecule has 4 nitrogen and oxygen atoms in total. The highest BCUT2D eigenvalue weighted by Gasteiger charge is 2.20. The van der Waals surface area contributed by atoms with E-state index in [0.29, 0.717) is 6.42 Å². The summed E-state index contributed by atoms with van der Waals surface area (Å²) in [6.45, 7) is 4.11. The van der Waals surface area contributed by atoms with Crippen molar-refractivity contribution in [1.29, 1.82) is 0 Å². The topological polar surface area (TPSA) is 60.2 Å². The fraction of sp³-hybridized carbons (Fsp3) is 0.345. The van der Waals surface area contributed by atoms with E-state index < -0.39 is 6.17 Å². The zero-order chi connectivity index (χ0) is 25.6. The fourth-order valence-electron chi connectivity index (χ4n) is 3.69. The maximum atomic E-state index is 13.4. The van der Waals surface area contributed by atoms with Gasteiger partial charge in [0, 0.05) is 25.3 Å². The number of alkyl halides is 1. The number of nitrogens with two attached hydrogens (primary N) is 1. The van der Waals surface area contributed by atoms with Crippen molar-refractivity contribution in [3.63, 3.8) is 0 Å². The number of nitrogens with zero attached hydrogens (tertiary/aromatic N) is 1. The minimum absolute atomic E-state index is 0.0941. The molecule has 0 aliphatic heterocycles. The highest BCUT2D eigenvalue weighted by atomic mass is 32.1. The number of aromatic nitrogens is 1. The Labute approximate surface area is 213 Å². The van der Waals surface area contributed by atoms with E-state index >= 15 is 0 Å². The number of thiazole rings is 1. The molecule has 4 unspecified atom stereocenters. The number of benzene rings is 1. The van der Waals surface area contributed by atoms with Crippen molar-refractivity contribution in [1.82, 2.24) is 10.3 Å². The van der Waals surface area contributed by atoms with Crippen LogP contribution in [0.4, 0.5) is 4.39 Å². The third-order valence-corrected chi connectivity index (χ3v) is 6.61. The number of terminal acetylenes is 1. The van der Waals surface area contributed by atoms with E-state index in [1.165, 1.54) is 7.05 Å². The molecule has 0 amide bonds. The number of hydrogen-bond acceptors (Lipinski definition) is 5. The van der Waals surface area contributed by atoms with Crippen molar-refractivity contribution in [3.8, 4) is 22.9 Å². The Morgan fingerprint density at radius 3 is 2.80 bits per heavy atom. The maximum Gasteiger partial charge on any atom is 0.124 e. The van der Waals surface area contributed by atoms with Gasteiger partial charge in [-0.2, -0.15) is 0 Å². The van der Waals surface area contributed by atoms with E-state index in [1.807, 2.05) is 49.7 Å². The number of allylic oxidation sites excluding steroid dienone is 6. The molecule has 6 heteroatoms. The van der Waals surface area contributed by atoms with Gasteiger partial charge in [0.15, 0.2) is 0 Å². The van der Waals surface area contributed by atoms with Crippen LogP contribution in [0.5, 0.6) is 0 Å². The van der Waals surface area contributed by atoms with Gasteiger partial charge in [0.1, 0.15) is 17.2 Å². The highest BCUT2D eigenvalue weighted by Crippen LogP contribution is 2.34. The first kappa shape index (κ1) is 28.3. The summed E-state index contributed by atoms with van der Waals surface area (Å²) in [6, 6.07) is 8.06. The molecule has 1 heterocycles. The smallest absolute Gasteiger partial charge is 0.124 e. The second-order valence-electron chi connectivity index (χ2n) is 8.04. The molecule has 0 fully saturated rings. The number of nitrogens with one attached hydrogen (secondary N) is 1. The van der Waals surface area contributed by atoms with Gasteiger partial charge in [-0.15, -0.1) is 17.8 Å². The maximum absolute atomic E-state index is 13.4. The number of rotatable bonds is 10. The summed E-state index contributed by atoms with van der Waals surface area (Å²) in [5.74, 6) is 3.05. The molecule has 0 saturated carbocycles. The molecule has 4 atom stereocenters. The molecule has 0 radical (unpaired) electrons. The molecule has 0 spiro atoms. The normalized spacial score (nSPS) is 17.9. The molecule has 35 heavy (non-hydrogen) atoms. The summed E-state index contributed by atoms with van der Waals surface area (Å²) < 4.78 is 19.1. The first-order valence-electron chi connectivity index (χ1n) is 11.8. The molecule has 2 aromatic rings. The van der Waals surface area contributed by atoms with Crippen molar-refractivity contribution >= 4 is 23.0 Å². The second-order valence-corrected chi connectivity index (χ2v) is 9.08. The third-order valence-electron chi connectivity index (χ3n) is 5.53. The summed E-state index contributed by atoms with van der Waals surface area (Å²) in [4.78, 5) is 5.71. The first-order valence-corrected chi connectivity index (χ1v) is 12.6. The van der Waals surface area contributed by atoms with Gasteiger partial charge in [-0.1, -0.05) is 67.5 Å². The van der Waals surface area contributed by atoms with E-state index in [9.17, 15) is 4.39 Å². The standard InChI is InChI=1S/C28H31FN2OS.CH5N/c1-5-17-30-25(6-2)26(32-4)18-20(3)11-12-21-9-7-8-10-24(21)28-31-19-27(33-28)22-13-15-23(29)16-14-22;1-2/h2,5,7-15,17,19-20,23,25-26,30H,16,18H2,1,3-4H3;2H2,1H3/b12-11+,17-5-;. The number of hydrogen-bond donors (Lipinski definition) is 2.